The predicted molar refractivity (Wildman–Crippen MR) is 109 cm³/mol. The lowest BCUT2D eigenvalue weighted by atomic mass is 9.82. The number of fused-ring (bicyclic) bond motifs is 2. The summed E-state index contributed by atoms with van der Waals surface area (Å²) in [7, 11) is 3.96. The highest BCUT2D eigenvalue weighted by molar-refractivity contribution is 5.95. The van der Waals surface area contributed by atoms with E-state index in [1.807, 2.05) is 6.07 Å². The summed E-state index contributed by atoms with van der Waals surface area (Å²) in [5, 5.41) is 0. The highest BCUT2D eigenvalue weighted by Gasteiger charge is 2.24. The fourth-order valence-electron chi connectivity index (χ4n) is 4.46. The Morgan fingerprint density at radius 1 is 1.29 bits per heavy atom. The van der Waals surface area contributed by atoms with E-state index in [0.29, 0.717) is 12.5 Å². The van der Waals surface area contributed by atoms with Gasteiger partial charge in [-0.15, -0.1) is 0 Å². The number of likely N-dealkylation sites (N-methyl/N-ethyl adjacent to an activating group) is 1. The molecule has 4 rings (SSSR count). The van der Waals surface area contributed by atoms with Gasteiger partial charge in [0.15, 0.2) is 0 Å². The van der Waals surface area contributed by atoms with Crippen LogP contribution in [0.5, 0.6) is 5.75 Å². The first-order valence-corrected chi connectivity index (χ1v) is 10.0. The molecule has 1 atom stereocenters. The molecule has 1 N–H and O–H groups in total. The van der Waals surface area contributed by atoms with Gasteiger partial charge in [0.2, 0.25) is 0 Å². The van der Waals surface area contributed by atoms with E-state index in [4.69, 9.17) is 9.57 Å². The number of amides is 1. The van der Waals surface area contributed by atoms with Crippen molar-refractivity contribution in [1.29, 1.82) is 0 Å². The first-order chi connectivity index (χ1) is 13.7. The van der Waals surface area contributed by atoms with E-state index >= 15 is 0 Å². The topological polar surface area (TPSA) is 50.8 Å². The van der Waals surface area contributed by atoms with Crippen molar-refractivity contribution in [2.45, 2.75) is 38.2 Å². The Kier molecular flexibility index (Phi) is 5.64. The van der Waals surface area contributed by atoms with Crippen LogP contribution in [0.3, 0.4) is 0 Å². The monoisotopic (exact) mass is 380 g/mol. The SMILES string of the molecule is COc1cccc2c1CCCC2CN(C)CCc1ccc2c(c1)CONC2=O. The average molecular weight is 380 g/mol. The molecular weight excluding hydrogens is 352 g/mol. The molecule has 2 aromatic rings. The quantitative estimate of drug-likeness (QED) is 0.834. The second-order valence-electron chi connectivity index (χ2n) is 7.84. The number of hydroxylamine groups is 1. The van der Waals surface area contributed by atoms with E-state index in [0.717, 1.165) is 42.8 Å². The number of benzene rings is 2. The highest BCUT2D eigenvalue weighted by Crippen LogP contribution is 2.36. The molecule has 0 fully saturated rings. The molecule has 1 amide bonds. The molecule has 2 aliphatic rings. The first kappa shape index (κ1) is 19.0. The minimum atomic E-state index is -0.156. The number of hydrogen-bond acceptors (Lipinski definition) is 4. The fraction of sp³-hybridized carbons (Fsp3) is 0.435. The van der Waals surface area contributed by atoms with Gasteiger partial charge in [-0.3, -0.25) is 9.63 Å². The van der Waals surface area contributed by atoms with Crippen LogP contribution in [0.2, 0.25) is 0 Å². The molecule has 28 heavy (non-hydrogen) atoms. The van der Waals surface area contributed by atoms with Crippen molar-refractivity contribution in [3.05, 3.63) is 64.2 Å². The van der Waals surface area contributed by atoms with Crippen molar-refractivity contribution in [3.8, 4) is 5.75 Å². The highest BCUT2D eigenvalue weighted by atomic mass is 16.7. The summed E-state index contributed by atoms with van der Waals surface area (Å²) in [5.74, 6) is 1.44. The van der Waals surface area contributed by atoms with Crippen LogP contribution in [-0.2, 0) is 24.3 Å². The van der Waals surface area contributed by atoms with Crippen LogP contribution in [0.25, 0.3) is 0 Å². The van der Waals surface area contributed by atoms with Crippen molar-refractivity contribution in [2.24, 2.45) is 0 Å². The molecule has 0 radical (unpaired) electrons. The third kappa shape index (κ3) is 3.91. The summed E-state index contributed by atoms with van der Waals surface area (Å²) in [6.07, 6.45) is 4.53. The van der Waals surface area contributed by atoms with Crippen LogP contribution >= 0.6 is 0 Å². The number of nitrogens with one attached hydrogen (secondary N) is 1. The molecule has 0 saturated heterocycles. The van der Waals surface area contributed by atoms with Crippen molar-refractivity contribution in [3.63, 3.8) is 0 Å². The Morgan fingerprint density at radius 2 is 2.18 bits per heavy atom. The molecule has 2 aromatic carbocycles. The summed E-state index contributed by atoms with van der Waals surface area (Å²) in [5.41, 5.74) is 8.19. The van der Waals surface area contributed by atoms with Crippen LogP contribution in [0, 0.1) is 0 Å². The summed E-state index contributed by atoms with van der Waals surface area (Å²) < 4.78 is 5.57. The lowest BCUT2D eigenvalue weighted by Gasteiger charge is -2.30. The van der Waals surface area contributed by atoms with E-state index < -0.39 is 0 Å². The Hall–Kier alpha value is -2.37. The molecule has 1 heterocycles. The van der Waals surface area contributed by atoms with Crippen molar-refractivity contribution >= 4 is 5.91 Å². The predicted octanol–water partition coefficient (Wildman–Crippen LogP) is 3.46. The molecule has 1 aliphatic carbocycles. The van der Waals surface area contributed by atoms with E-state index in [1.165, 1.54) is 29.5 Å². The maximum absolute atomic E-state index is 11.8. The zero-order valence-corrected chi connectivity index (χ0v) is 16.7. The second-order valence-corrected chi connectivity index (χ2v) is 7.84. The zero-order chi connectivity index (χ0) is 19.5. The van der Waals surface area contributed by atoms with Crippen molar-refractivity contribution in [2.75, 3.05) is 27.2 Å². The van der Waals surface area contributed by atoms with Crippen LogP contribution in [0.1, 0.15) is 51.4 Å². The van der Waals surface area contributed by atoms with E-state index in [2.05, 4.69) is 47.8 Å². The van der Waals surface area contributed by atoms with Gasteiger partial charge >= 0.3 is 0 Å². The summed E-state index contributed by atoms with van der Waals surface area (Å²) in [6, 6.07) is 12.5. The largest absolute Gasteiger partial charge is 0.496 e. The number of methoxy groups -OCH3 is 1. The number of hydrogen-bond donors (Lipinski definition) is 1. The minimum absolute atomic E-state index is 0.156. The number of ether oxygens (including phenoxy) is 1. The molecule has 1 unspecified atom stereocenters. The van der Waals surface area contributed by atoms with E-state index in [9.17, 15) is 4.79 Å². The third-order valence-corrected chi connectivity index (χ3v) is 5.93. The van der Waals surface area contributed by atoms with Crippen LogP contribution in [-0.4, -0.2) is 38.1 Å². The molecule has 0 spiro atoms. The zero-order valence-electron chi connectivity index (χ0n) is 16.7. The van der Waals surface area contributed by atoms with Crippen molar-refractivity contribution < 1.29 is 14.4 Å². The van der Waals surface area contributed by atoms with Gasteiger partial charge in [-0.05, 0) is 73.0 Å². The van der Waals surface area contributed by atoms with Gasteiger partial charge in [0.25, 0.3) is 5.91 Å². The van der Waals surface area contributed by atoms with Gasteiger partial charge < -0.3 is 9.64 Å². The van der Waals surface area contributed by atoms with Gasteiger partial charge in [0.05, 0.1) is 7.11 Å². The normalized spacial score (nSPS) is 18.4. The molecule has 0 aromatic heterocycles. The standard InChI is InChI=1S/C23H28N2O3/c1-25(12-11-16-9-10-20-18(13-16)15-28-24-23(20)26)14-17-5-3-7-21-19(17)6-4-8-22(21)27-2/h4,6,8-10,13,17H,3,5,7,11-12,14-15H2,1-2H3,(H,24,26). The van der Waals surface area contributed by atoms with Gasteiger partial charge in [0.1, 0.15) is 12.4 Å². The summed E-state index contributed by atoms with van der Waals surface area (Å²) in [4.78, 5) is 19.3. The van der Waals surface area contributed by atoms with E-state index in [1.54, 1.807) is 7.11 Å². The third-order valence-electron chi connectivity index (χ3n) is 5.93. The molecule has 5 heteroatoms. The van der Waals surface area contributed by atoms with Crippen LogP contribution < -0.4 is 10.2 Å². The Labute approximate surface area is 166 Å². The van der Waals surface area contributed by atoms with Gasteiger partial charge in [-0.25, -0.2) is 5.48 Å². The van der Waals surface area contributed by atoms with Gasteiger partial charge in [0, 0.05) is 18.7 Å². The molecule has 0 bridgehead atoms. The van der Waals surface area contributed by atoms with E-state index in [-0.39, 0.29) is 5.91 Å². The average Bonchev–Trinajstić information content (AvgIpc) is 2.72. The number of carbonyl (C=O) groups is 1. The fourth-order valence-corrected chi connectivity index (χ4v) is 4.46. The lowest BCUT2D eigenvalue weighted by Crippen LogP contribution is -2.30. The van der Waals surface area contributed by atoms with Crippen LogP contribution in [0.4, 0.5) is 0 Å². The molecular formula is C23H28N2O3. The molecule has 1 aliphatic heterocycles. The first-order valence-electron chi connectivity index (χ1n) is 10.0. The van der Waals surface area contributed by atoms with Crippen molar-refractivity contribution in [1.82, 2.24) is 10.4 Å². The maximum Gasteiger partial charge on any atom is 0.275 e. The van der Waals surface area contributed by atoms with Gasteiger partial charge in [-0.1, -0.05) is 24.3 Å². The minimum Gasteiger partial charge on any atom is -0.496 e. The lowest BCUT2D eigenvalue weighted by molar-refractivity contribution is 0.0153. The Morgan fingerprint density at radius 3 is 3.04 bits per heavy atom. The summed E-state index contributed by atoms with van der Waals surface area (Å²) >= 11 is 0. The number of carbonyl (C=O) groups excluding carboxylic acids is 1. The molecule has 0 saturated carbocycles. The van der Waals surface area contributed by atoms with Gasteiger partial charge in [-0.2, -0.15) is 0 Å². The van der Waals surface area contributed by atoms with Crippen LogP contribution in [0.15, 0.2) is 36.4 Å². The molecule has 5 nitrogen and oxygen atoms in total. The molecule has 148 valence electrons. The smallest absolute Gasteiger partial charge is 0.275 e. The maximum atomic E-state index is 11.8. The Bertz CT molecular complexity index is 865. The Balaban J connectivity index is 1.38. The number of nitrogens with zero attached hydrogens (tertiary/aromatic N) is 1. The second kappa shape index (κ2) is 8.33. The summed E-state index contributed by atoms with van der Waals surface area (Å²) in [6.45, 7) is 2.48. The number of rotatable bonds is 6.